The molecule has 0 fully saturated rings. The van der Waals surface area contributed by atoms with Crippen LogP contribution in [0.2, 0.25) is 0 Å². The first kappa shape index (κ1) is 13.9. The molecule has 0 saturated heterocycles. The predicted molar refractivity (Wildman–Crippen MR) is 77.5 cm³/mol. The number of benzene rings is 2. The lowest BCUT2D eigenvalue weighted by Crippen LogP contribution is -1.97. The van der Waals surface area contributed by atoms with Crippen molar-refractivity contribution in [2.24, 2.45) is 0 Å². The van der Waals surface area contributed by atoms with Gasteiger partial charge in [0.25, 0.3) is 0 Å². The van der Waals surface area contributed by atoms with Gasteiger partial charge < -0.3 is 9.05 Å². The molecule has 0 heterocycles. The van der Waals surface area contributed by atoms with E-state index in [1.54, 1.807) is 7.11 Å². The molecule has 0 aromatic heterocycles. The number of hydrogen-bond donors (Lipinski definition) is 0. The van der Waals surface area contributed by atoms with Crippen molar-refractivity contribution in [2.75, 3.05) is 7.11 Å². The molecule has 19 heavy (non-hydrogen) atoms. The maximum atomic E-state index is 5.67. The molecule has 0 aliphatic heterocycles. The molecular formula is C15H17O3P. The van der Waals surface area contributed by atoms with Gasteiger partial charge in [-0.05, 0) is 38.1 Å². The fourth-order valence-corrected chi connectivity index (χ4v) is 2.24. The van der Waals surface area contributed by atoms with E-state index >= 15 is 0 Å². The van der Waals surface area contributed by atoms with Gasteiger partial charge in [0.15, 0.2) is 0 Å². The van der Waals surface area contributed by atoms with Gasteiger partial charge >= 0.3 is 8.60 Å². The van der Waals surface area contributed by atoms with Crippen molar-refractivity contribution in [2.45, 2.75) is 13.8 Å². The zero-order valence-electron chi connectivity index (χ0n) is 11.3. The van der Waals surface area contributed by atoms with Crippen LogP contribution >= 0.6 is 8.60 Å². The van der Waals surface area contributed by atoms with Crippen molar-refractivity contribution in [3.63, 3.8) is 0 Å². The van der Waals surface area contributed by atoms with Crippen molar-refractivity contribution in [3.05, 3.63) is 59.7 Å². The lowest BCUT2D eigenvalue weighted by Gasteiger charge is -2.15. The van der Waals surface area contributed by atoms with Crippen molar-refractivity contribution >= 4 is 8.60 Å². The third kappa shape index (κ3) is 4.23. The van der Waals surface area contributed by atoms with Gasteiger partial charge in [-0.25, -0.2) is 0 Å². The summed E-state index contributed by atoms with van der Waals surface area (Å²) in [5.74, 6) is 1.48. The molecule has 0 radical (unpaired) electrons. The Morgan fingerprint density at radius 2 is 1.05 bits per heavy atom. The molecule has 0 unspecified atom stereocenters. The highest BCUT2D eigenvalue weighted by Crippen LogP contribution is 2.40. The Kier molecular flexibility index (Phi) is 4.78. The Hall–Kier alpha value is -1.57. The Balaban J connectivity index is 2.00. The van der Waals surface area contributed by atoms with Crippen LogP contribution in [0.5, 0.6) is 11.5 Å². The largest absolute Gasteiger partial charge is 0.462 e. The number of hydrogen-bond acceptors (Lipinski definition) is 3. The van der Waals surface area contributed by atoms with E-state index in [9.17, 15) is 0 Å². The van der Waals surface area contributed by atoms with Gasteiger partial charge in [0, 0.05) is 7.11 Å². The summed E-state index contributed by atoms with van der Waals surface area (Å²) in [5, 5.41) is 0. The maximum absolute atomic E-state index is 5.67. The average Bonchev–Trinajstić information content (AvgIpc) is 2.43. The minimum Gasteiger partial charge on any atom is -0.418 e. The van der Waals surface area contributed by atoms with Gasteiger partial charge in [-0.15, -0.1) is 0 Å². The molecule has 3 nitrogen and oxygen atoms in total. The van der Waals surface area contributed by atoms with Gasteiger partial charge in [0.2, 0.25) is 0 Å². The van der Waals surface area contributed by atoms with Crippen LogP contribution in [0.3, 0.4) is 0 Å². The van der Waals surface area contributed by atoms with E-state index in [4.69, 9.17) is 13.6 Å². The summed E-state index contributed by atoms with van der Waals surface area (Å²) in [7, 11) is 0.147. The van der Waals surface area contributed by atoms with Crippen LogP contribution < -0.4 is 9.05 Å². The van der Waals surface area contributed by atoms with Crippen LogP contribution in [0.15, 0.2) is 48.5 Å². The van der Waals surface area contributed by atoms with Crippen LogP contribution in [0.25, 0.3) is 0 Å². The lowest BCUT2D eigenvalue weighted by atomic mass is 10.2. The van der Waals surface area contributed by atoms with E-state index in [1.165, 1.54) is 11.1 Å². The smallest absolute Gasteiger partial charge is 0.418 e. The maximum Gasteiger partial charge on any atom is 0.462 e. The summed E-state index contributed by atoms with van der Waals surface area (Å²) in [4.78, 5) is 0. The van der Waals surface area contributed by atoms with Crippen molar-refractivity contribution in [1.29, 1.82) is 0 Å². The first-order valence-electron chi connectivity index (χ1n) is 6.01. The van der Waals surface area contributed by atoms with Crippen molar-refractivity contribution in [3.8, 4) is 11.5 Å². The summed E-state index contributed by atoms with van der Waals surface area (Å²) in [6.07, 6.45) is 0. The Labute approximate surface area is 115 Å². The second-order valence-electron chi connectivity index (χ2n) is 4.21. The van der Waals surface area contributed by atoms with E-state index in [1.807, 2.05) is 62.4 Å². The standard InChI is InChI=1S/C15H17O3P/c1-12-4-8-14(9-5-12)17-19(16-3)18-15-10-6-13(2)7-11-15/h4-11H,1-3H3. The zero-order valence-corrected chi connectivity index (χ0v) is 12.2. The lowest BCUT2D eigenvalue weighted by molar-refractivity contribution is 0.323. The summed E-state index contributed by atoms with van der Waals surface area (Å²) in [6, 6.07) is 15.6. The molecule has 0 N–H and O–H groups in total. The number of aryl methyl sites for hydroxylation is 2. The molecule has 2 aromatic rings. The molecule has 0 bridgehead atoms. The first-order chi connectivity index (χ1) is 9.17. The van der Waals surface area contributed by atoms with Gasteiger partial charge in [0.05, 0.1) is 0 Å². The Morgan fingerprint density at radius 1 is 0.684 bits per heavy atom. The zero-order chi connectivity index (χ0) is 13.7. The summed E-state index contributed by atoms with van der Waals surface area (Å²) in [5.41, 5.74) is 2.38. The normalized spacial score (nSPS) is 10.5. The van der Waals surface area contributed by atoms with Crippen LogP contribution in [0.1, 0.15) is 11.1 Å². The molecule has 0 atom stereocenters. The van der Waals surface area contributed by atoms with E-state index in [2.05, 4.69) is 0 Å². The molecular weight excluding hydrogens is 259 g/mol. The van der Waals surface area contributed by atoms with E-state index in [0.717, 1.165) is 11.5 Å². The number of rotatable bonds is 5. The van der Waals surface area contributed by atoms with Crippen LogP contribution in [0.4, 0.5) is 0 Å². The van der Waals surface area contributed by atoms with E-state index in [-0.39, 0.29) is 0 Å². The van der Waals surface area contributed by atoms with Crippen LogP contribution in [-0.4, -0.2) is 7.11 Å². The molecule has 0 spiro atoms. The highest BCUT2D eigenvalue weighted by atomic mass is 31.2. The van der Waals surface area contributed by atoms with E-state index in [0.29, 0.717) is 0 Å². The quantitative estimate of drug-likeness (QED) is 0.745. The van der Waals surface area contributed by atoms with Crippen molar-refractivity contribution < 1.29 is 13.6 Å². The molecule has 4 heteroatoms. The summed E-state index contributed by atoms with van der Waals surface area (Å²) in [6.45, 7) is 4.07. The van der Waals surface area contributed by atoms with Crippen LogP contribution in [-0.2, 0) is 4.52 Å². The van der Waals surface area contributed by atoms with Gasteiger partial charge in [0.1, 0.15) is 11.5 Å². The van der Waals surface area contributed by atoms with E-state index < -0.39 is 8.60 Å². The predicted octanol–water partition coefficient (Wildman–Crippen LogP) is 4.63. The molecule has 100 valence electrons. The van der Waals surface area contributed by atoms with Crippen molar-refractivity contribution in [1.82, 2.24) is 0 Å². The summed E-state index contributed by atoms with van der Waals surface area (Å²) >= 11 is 0. The second kappa shape index (κ2) is 6.55. The third-order valence-electron chi connectivity index (χ3n) is 2.55. The van der Waals surface area contributed by atoms with Gasteiger partial charge in [-0.3, -0.25) is 4.52 Å². The average molecular weight is 276 g/mol. The SMILES string of the molecule is COP(Oc1ccc(C)cc1)Oc1ccc(C)cc1. The minimum atomic E-state index is -1.43. The molecule has 0 aliphatic rings. The molecule has 0 amide bonds. The molecule has 0 saturated carbocycles. The first-order valence-corrected chi connectivity index (χ1v) is 7.10. The highest BCUT2D eigenvalue weighted by molar-refractivity contribution is 7.42. The minimum absolute atomic E-state index is 0.741. The monoisotopic (exact) mass is 276 g/mol. The Morgan fingerprint density at radius 3 is 1.37 bits per heavy atom. The summed E-state index contributed by atoms with van der Waals surface area (Å²) < 4.78 is 16.6. The third-order valence-corrected chi connectivity index (χ3v) is 3.57. The Bertz CT molecular complexity index is 460. The highest BCUT2D eigenvalue weighted by Gasteiger charge is 2.14. The van der Waals surface area contributed by atoms with Gasteiger partial charge in [-0.2, -0.15) is 0 Å². The molecule has 2 rings (SSSR count). The topological polar surface area (TPSA) is 27.7 Å². The van der Waals surface area contributed by atoms with Gasteiger partial charge in [-0.1, -0.05) is 35.4 Å². The van der Waals surface area contributed by atoms with Crippen LogP contribution in [0, 0.1) is 13.8 Å². The molecule has 0 aliphatic carbocycles. The fourth-order valence-electron chi connectivity index (χ4n) is 1.46. The second-order valence-corrected chi connectivity index (χ2v) is 5.39. The molecule has 2 aromatic carbocycles. The fraction of sp³-hybridized carbons (Fsp3) is 0.200.